The number of morpholine rings is 1. The molecule has 1 aromatic rings. The van der Waals surface area contributed by atoms with Gasteiger partial charge in [0.15, 0.2) is 10.9 Å². The molecule has 1 fully saturated rings. The number of ether oxygens (including phenoxy) is 1. The summed E-state index contributed by atoms with van der Waals surface area (Å²) in [5.74, 6) is -0.263. The van der Waals surface area contributed by atoms with Crippen LogP contribution in [0.3, 0.4) is 0 Å². The van der Waals surface area contributed by atoms with Gasteiger partial charge in [-0.1, -0.05) is 23.4 Å². The molecule has 0 aromatic carbocycles. The topological polar surface area (TPSA) is 67.4 Å². The summed E-state index contributed by atoms with van der Waals surface area (Å²) in [6, 6.07) is 0. The molecule has 1 aromatic heterocycles. The lowest BCUT2D eigenvalue weighted by Gasteiger charge is -2.26. The quantitative estimate of drug-likeness (QED) is 0.643. The monoisotopic (exact) mass is 316 g/mol. The molecule has 6 nitrogen and oxygen atoms in total. The molecule has 2 heterocycles. The Morgan fingerprint density at radius 1 is 1.55 bits per heavy atom. The Hall–Kier alpha value is -0.890. The normalized spacial score (nSPS) is 16.1. The first kappa shape index (κ1) is 15.5. The first-order valence-corrected chi connectivity index (χ1v) is 7.96. The molecule has 0 aliphatic carbocycles. The third kappa shape index (κ3) is 4.31. The molecule has 1 N–H and O–H groups in total. The number of aromatic nitrogens is 2. The lowest BCUT2D eigenvalue weighted by molar-refractivity contribution is 0.0383. The van der Waals surface area contributed by atoms with Gasteiger partial charge in [-0.15, -0.1) is 0 Å². The lowest BCUT2D eigenvalue weighted by Crippen LogP contribution is -2.41. The molecule has 0 bridgehead atoms. The number of hydrogen-bond donors (Lipinski definition) is 1. The molecular weight excluding hydrogens is 300 g/mol. The third-order valence-corrected chi connectivity index (χ3v) is 3.78. The maximum Gasteiger partial charge on any atom is 0.271 e. The lowest BCUT2D eigenvalue weighted by atomic mass is 10.3. The van der Waals surface area contributed by atoms with E-state index < -0.39 is 0 Å². The van der Waals surface area contributed by atoms with Crippen LogP contribution in [-0.4, -0.2) is 66.4 Å². The number of thioether (sulfide) groups is 1. The average Bonchev–Trinajstić information content (AvgIpc) is 2.48. The van der Waals surface area contributed by atoms with Crippen molar-refractivity contribution < 1.29 is 9.53 Å². The predicted octanol–water partition coefficient (Wildman–Crippen LogP) is 0.914. The van der Waals surface area contributed by atoms with Gasteiger partial charge in [-0.25, -0.2) is 9.97 Å². The van der Waals surface area contributed by atoms with Gasteiger partial charge in [0.2, 0.25) is 0 Å². The molecule has 0 unspecified atom stereocenters. The van der Waals surface area contributed by atoms with Crippen molar-refractivity contribution in [1.82, 2.24) is 20.2 Å². The van der Waals surface area contributed by atoms with Gasteiger partial charge in [0.25, 0.3) is 5.91 Å². The molecule has 0 atom stereocenters. The fourth-order valence-corrected chi connectivity index (χ4v) is 2.36. The highest BCUT2D eigenvalue weighted by molar-refractivity contribution is 7.98. The Bertz CT molecular complexity index is 469. The Labute approximate surface area is 127 Å². The number of carbonyl (C=O) groups excluding carboxylic acids is 1. The molecule has 1 aliphatic heterocycles. The van der Waals surface area contributed by atoms with Gasteiger partial charge in [0.1, 0.15) is 0 Å². The van der Waals surface area contributed by atoms with Gasteiger partial charge >= 0.3 is 0 Å². The standard InChI is InChI=1S/C12H17ClN4O2S/c1-20-12-15-8-9(13)10(16-12)11(18)14-2-3-17-4-6-19-7-5-17/h8H,2-7H2,1H3,(H,14,18). The summed E-state index contributed by atoms with van der Waals surface area (Å²) >= 11 is 7.33. The molecule has 1 saturated heterocycles. The van der Waals surface area contributed by atoms with Crippen LogP contribution in [0.2, 0.25) is 5.02 Å². The number of hydrogen-bond acceptors (Lipinski definition) is 6. The molecule has 110 valence electrons. The van der Waals surface area contributed by atoms with Crippen LogP contribution < -0.4 is 5.32 Å². The average molecular weight is 317 g/mol. The number of amides is 1. The van der Waals surface area contributed by atoms with Crippen molar-refractivity contribution in [1.29, 1.82) is 0 Å². The zero-order valence-electron chi connectivity index (χ0n) is 11.3. The summed E-state index contributed by atoms with van der Waals surface area (Å²) in [4.78, 5) is 22.4. The minimum atomic E-state index is -0.263. The minimum absolute atomic E-state index is 0.230. The molecule has 1 amide bonds. The predicted molar refractivity (Wildman–Crippen MR) is 78.4 cm³/mol. The maximum atomic E-state index is 12.0. The van der Waals surface area contributed by atoms with Crippen LogP contribution in [0, 0.1) is 0 Å². The van der Waals surface area contributed by atoms with Gasteiger partial charge < -0.3 is 10.1 Å². The first-order chi connectivity index (χ1) is 9.70. The van der Waals surface area contributed by atoms with Crippen LogP contribution in [0.5, 0.6) is 0 Å². The van der Waals surface area contributed by atoms with Crippen LogP contribution in [0.15, 0.2) is 11.4 Å². The summed E-state index contributed by atoms with van der Waals surface area (Å²) < 4.78 is 5.27. The van der Waals surface area contributed by atoms with Crippen LogP contribution in [0.1, 0.15) is 10.5 Å². The number of nitrogens with zero attached hydrogens (tertiary/aromatic N) is 3. The van der Waals surface area contributed by atoms with E-state index in [0.717, 1.165) is 32.8 Å². The van der Waals surface area contributed by atoms with Crippen LogP contribution in [0.25, 0.3) is 0 Å². The van der Waals surface area contributed by atoms with E-state index in [4.69, 9.17) is 16.3 Å². The van der Waals surface area contributed by atoms with E-state index in [1.165, 1.54) is 18.0 Å². The van der Waals surface area contributed by atoms with Crippen molar-refractivity contribution in [2.45, 2.75) is 5.16 Å². The Morgan fingerprint density at radius 3 is 3.00 bits per heavy atom. The second kappa shape index (κ2) is 7.78. The molecule has 0 spiro atoms. The largest absolute Gasteiger partial charge is 0.379 e. The first-order valence-electron chi connectivity index (χ1n) is 6.35. The van der Waals surface area contributed by atoms with E-state index in [0.29, 0.717) is 11.7 Å². The summed E-state index contributed by atoms with van der Waals surface area (Å²) in [7, 11) is 0. The van der Waals surface area contributed by atoms with Crippen molar-refractivity contribution in [3.8, 4) is 0 Å². The zero-order chi connectivity index (χ0) is 14.4. The SMILES string of the molecule is CSc1ncc(Cl)c(C(=O)NCCN2CCOCC2)n1. The van der Waals surface area contributed by atoms with Gasteiger partial charge in [0.05, 0.1) is 24.4 Å². The Kier molecular flexibility index (Phi) is 6.03. The summed E-state index contributed by atoms with van der Waals surface area (Å²) in [6.07, 6.45) is 3.31. The van der Waals surface area contributed by atoms with Gasteiger partial charge in [0, 0.05) is 26.2 Å². The van der Waals surface area contributed by atoms with Crippen LogP contribution >= 0.6 is 23.4 Å². The molecule has 0 radical (unpaired) electrons. The molecule has 8 heteroatoms. The van der Waals surface area contributed by atoms with E-state index >= 15 is 0 Å². The second-order valence-corrected chi connectivity index (χ2v) is 5.44. The highest BCUT2D eigenvalue weighted by Gasteiger charge is 2.15. The number of nitrogens with one attached hydrogen (secondary N) is 1. The summed E-state index contributed by atoms with van der Waals surface area (Å²) in [5, 5.41) is 3.64. The molecule has 1 aliphatic rings. The molecule has 20 heavy (non-hydrogen) atoms. The summed E-state index contributed by atoms with van der Waals surface area (Å²) in [6.45, 7) is 4.67. The Balaban J connectivity index is 1.84. The van der Waals surface area contributed by atoms with Gasteiger partial charge in [-0.3, -0.25) is 9.69 Å². The number of rotatable bonds is 5. The van der Waals surface area contributed by atoms with E-state index in [1.54, 1.807) is 0 Å². The van der Waals surface area contributed by atoms with Crippen molar-refractivity contribution in [2.24, 2.45) is 0 Å². The van der Waals surface area contributed by atoms with Crippen molar-refractivity contribution >= 4 is 29.3 Å². The third-order valence-electron chi connectivity index (χ3n) is 2.94. The number of halogens is 1. The zero-order valence-corrected chi connectivity index (χ0v) is 12.8. The van der Waals surface area contributed by atoms with Crippen molar-refractivity contribution in [3.05, 3.63) is 16.9 Å². The number of carbonyl (C=O) groups is 1. The molecular formula is C12H17ClN4O2S. The van der Waals surface area contributed by atoms with Crippen LogP contribution in [0.4, 0.5) is 0 Å². The van der Waals surface area contributed by atoms with Gasteiger partial charge in [-0.05, 0) is 6.26 Å². The minimum Gasteiger partial charge on any atom is -0.379 e. The van der Waals surface area contributed by atoms with E-state index in [2.05, 4.69) is 20.2 Å². The fraction of sp³-hybridized carbons (Fsp3) is 0.583. The van der Waals surface area contributed by atoms with Gasteiger partial charge in [-0.2, -0.15) is 0 Å². The second-order valence-electron chi connectivity index (χ2n) is 4.26. The maximum absolute atomic E-state index is 12.0. The summed E-state index contributed by atoms with van der Waals surface area (Å²) in [5.41, 5.74) is 0.230. The van der Waals surface area contributed by atoms with E-state index in [-0.39, 0.29) is 16.6 Å². The molecule has 2 rings (SSSR count). The van der Waals surface area contributed by atoms with E-state index in [9.17, 15) is 4.79 Å². The highest BCUT2D eigenvalue weighted by atomic mass is 35.5. The highest BCUT2D eigenvalue weighted by Crippen LogP contribution is 2.16. The smallest absolute Gasteiger partial charge is 0.271 e. The van der Waals surface area contributed by atoms with Crippen LogP contribution in [-0.2, 0) is 4.74 Å². The fourth-order valence-electron chi connectivity index (χ4n) is 1.84. The van der Waals surface area contributed by atoms with Crippen molar-refractivity contribution in [2.75, 3.05) is 45.6 Å². The molecule has 0 saturated carbocycles. The Morgan fingerprint density at radius 2 is 2.30 bits per heavy atom. The van der Waals surface area contributed by atoms with E-state index in [1.807, 2.05) is 6.26 Å². The van der Waals surface area contributed by atoms with Crippen molar-refractivity contribution in [3.63, 3.8) is 0 Å².